The molecule has 1 fully saturated rings. The first kappa shape index (κ1) is 20.7. The van der Waals surface area contributed by atoms with Gasteiger partial charge in [0.1, 0.15) is 0 Å². The third kappa shape index (κ3) is 4.32. The highest BCUT2D eigenvalue weighted by Gasteiger charge is 2.24. The van der Waals surface area contributed by atoms with E-state index < -0.39 is 5.91 Å². The number of benzene rings is 2. The molecule has 3 aromatic rings. The number of aryl methyl sites for hydroxylation is 2. The molecule has 2 heterocycles. The van der Waals surface area contributed by atoms with Crippen molar-refractivity contribution >= 4 is 40.5 Å². The summed E-state index contributed by atoms with van der Waals surface area (Å²) in [5.41, 5.74) is 11.6. The lowest BCUT2D eigenvalue weighted by atomic mass is 10.2. The van der Waals surface area contributed by atoms with Crippen molar-refractivity contribution in [2.24, 2.45) is 10.7 Å². The van der Waals surface area contributed by atoms with Gasteiger partial charge in [-0.2, -0.15) is 0 Å². The molecule has 0 atom stereocenters. The molecule has 0 radical (unpaired) electrons. The Labute approximate surface area is 184 Å². The van der Waals surface area contributed by atoms with Crippen LogP contribution in [0.2, 0.25) is 0 Å². The second kappa shape index (κ2) is 8.28. The SMILES string of the molecule is Cc1ccc(N=C2NC(=O)/C(=C\c3cc(C)n(-c4ccc(C(N)=O)cc4)c3C)S2)cc1. The first-order valence-corrected chi connectivity index (χ1v) is 10.6. The number of thioether (sulfide) groups is 1. The molecule has 0 spiro atoms. The van der Waals surface area contributed by atoms with Crippen LogP contribution >= 0.6 is 11.8 Å². The minimum atomic E-state index is -0.453. The third-order valence-corrected chi connectivity index (χ3v) is 5.99. The van der Waals surface area contributed by atoms with Crippen LogP contribution in [-0.2, 0) is 4.79 Å². The molecule has 2 amide bonds. The molecular weight excluding hydrogens is 408 g/mol. The number of nitrogens with zero attached hydrogens (tertiary/aromatic N) is 2. The fourth-order valence-corrected chi connectivity index (χ4v) is 4.30. The highest BCUT2D eigenvalue weighted by atomic mass is 32.2. The molecule has 4 rings (SSSR count). The van der Waals surface area contributed by atoms with Crippen LogP contribution in [0.1, 0.15) is 32.9 Å². The molecule has 156 valence electrons. The van der Waals surface area contributed by atoms with E-state index >= 15 is 0 Å². The van der Waals surface area contributed by atoms with Crippen LogP contribution < -0.4 is 11.1 Å². The lowest BCUT2D eigenvalue weighted by molar-refractivity contribution is -0.115. The molecular formula is C24H22N4O2S. The molecule has 7 heteroatoms. The van der Waals surface area contributed by atoms with Gasteiger partial charge in [0.05, 0.1) is 10.6 Å². The van der Waals surface area contributed by atoms with Gasteiger partial charge in [-0.05, 0) is 86.6 Å². The predicted octanol–water partition coefficient (Wildman–Crippen LogP) is 4.39. The number of primary amides is 1. The Hall–Kier alpha value is -3.58. The van der Waals surface area contributed by atoms with Crippen molar-refractivity contribution in [2.45, 2.75) is 20.8 Å². The van der Waals surface area contributed by atoms with E-state index in [1.165, 1.54) is 11.8 Å². The molecule has 0 saturated carbocycles. The fraction of sp³-hybridized carbons (Fsp3) is 0.125. The first-order valence-electron chi connectivity index (χ1n) is 9.77. The Kier molecular flexibility index (Phi) is 5.52. The standard InChI is InChI=1S/C24H22N4O2S/c1-14-4-8-19(9-5-14)26-24-27-23(30)21(31-24)13-18-12-15(2)28(16(18)3)20-10-6-17(7-11-20)22(25)29/h4-13H,1-3H3,(H2,25,29)(H,26,27,30)/b21-13+. The lowest BCUT2D eigenvalue weighted by Crippen LogP contribution is -2.19. The van der Waals surface area contributed by atoms with E-state index in [1.807, 2.05) is 69.3 Å². The number of hydrogen-bond acceptors (Lipinski definition) is 4. The third-order valence-electron chi connectivity index (χ3n) is 5.08. The molecule has 3 N–H and O–H groups in total. The van der Waals surface area contributed by atoms with Gasteiger partial charge in [0, 0.05) is 22.6 Å². The van der Waals surface area contributed by atoms with Crippen molar-refractivity contribution < 1.29 is 9.59 Å². The smallest absolute Gasteiger partial charge is 0.264 e. The average Bonchev–Trinajstić information content (AvgIpc) is 3.22. The minimum Gasteiger partial charge on any atom is -0.366 e. The number of amidine groups is 1. The number of carbonyl (C=O) groups excluding carboxylic acids is 2. The number of hydrogen-bond donors (Lipinski definition) is 2. The maximum absolute atomic E-state index is 12.5. The monoisotopic (exact) mass is 430 g/mol. The van der Waals surface area contributed by atoms with Gasteiger partial charge in [0.15, 0.2) is 5.17 Å². The van der Waals surface area contributed by atoms with Crippen molar-refractivity contribution in [1.82, 2.24) is 9.88 Å². The molecule has 1 aliphatic rings. The lowest BCUT2D eigenvalue weighted by Gasteiger charge is -2.10. The summed E-state index contributed by atoms with van der Waals surface area (Å²) < 4.78 is 2.08. The van der Waals surface area contributed by atoms with Crippen LogP contribution in [0.4, 0.5) is 5.69 Å². The van der Waals surface area contributed by atoms with Crippen molar-refractivity contribution in [1.29, 1.82) is 0 Å². The first-order chi connectivity index (χ1) is 14.8. The van der Waals surface area contributed by atoms with Crippen LogP contribution in [0.15, 0.2) is 64.5 Å². The number of carbonyl (C=O) groups is 2. The van der Waals surface area contributed by atoms with E-state index in [9.17, 15) is 9.59 Å². The van der Waals surface area contributed by atoms with Gasteiger partial charge in [-0.25, -0.2) is 4.99 Å². The van der Waals surface area contributed by atoms with Gasteiger partial charge in [0.2, 0.25) is 5.91 Å². The normalized spacial score (nSPS) is 16.2. The molecule has 0 aliphatic carbocycles. The van der Waals surface area contributed by atoms with Crippen molar-refractivity contribution in [3.05, 3.63) is 87.6 Å². The van der Waals surface area contributed by atoms with E-state index in [0.29, 0.717) is 15.6 Å². The Morgan fingerprint density at radius 2 is 1.74 bits per heavy atom. The summed E-state index contributed by atoms with van der Waals surface area (Å²) in [5, 5.41) is 3.40. The molecule has 6 nitrogen and oxygen atoms in total. The largest absolute Gasteiger partial charge is 0.366 e. The number of aromatic nitrogens is 1. The van der Waals surface area contributed by atoms with E-state index in [0.717, 1.165) is 33.9 Å². The summed E-state index contributed by atoms with van der Waals surface area (Å²) in [7, 11) is 0. The second-order valence-electron chi connectivity index (χ2n) is 7.39. The molecule has 2 aromatic carbocycles. The predicted molar refractivity (Wildman–Crippen MR) is 126 cm³/mol. The zero-order valence-corrected chi connectivity index (χ0v) is 18.3. The van der Waals surface area contributed by atoms with Gasteiger partial charge in [-0.3, -0.25) is 9.59 Å². The molecule has 1 aromatic heterocycles. The number of amides is 2. The maximum Gasteiger partial charge on any atom is 0.264 e. The van der Waals surface area contributed by atoms with Gasteiger partial charge in [0.25, 0.3) is 5.91 Å². The van der Waals surface area contributed by atoms with E-state index in [4.69, 9.17) is 5.73 Å². The summed E-state index contributed by atoms with van der Waals surface area (Å²) in [6.07, 6.45) is 1.88. The van der Waals surface area contributed by atoms with Gasteiger partial charge in [-0.15, -0.1) is 0 Å². The molecule has 0 bridgehead atoms. The zero-order valence-electron chi connectivity index (χ0n) is 17.5. The Morgan fingerprint density at radius 3 is 2.39 bits per heavy atom. The summed E-state index contributed by atoms with van der Waals surface area (Å²) in [4.78, 5) is 28.9. The van der Waals surface area contributed by atoms with E-state index in [-0.39, 0.29) is 5.91 Å². The molecule has 1 saturated heterocycles. The van der Waals surface area contributed by atoms with Gasteiger partial charge < -0.3 is 15.6 Å². The van der Waals surface area contributed by atoms with Crippen LogP contribution in [0.5, 0.6) is 0 Å². The zero-order chi connectivity index (χ0) is 22.1. The average molecular weight is 431 g/mol. The van der Waals surface area contributed by atoms with Crippen LogP contribution in [0.3, 0.4) is 0 Å². The van der Waals surface area contributed by atoms with E-state index in [1.54, 1.807) is 12.1 Å². The molecule has 31 heavy (non-hydrogen) atoms. The fourth-order valence-electron chi connectivity index (χ4n) is 3.46. The summed E-state index contributed by atoms with van der Waals surface area (Å²) in [6.45, 7) is 6.02. The maximum atomic E-state index is 12.5. The van der Waals surface area contributed by atoms with Crippen LogP contribution in [0, 0.1) is 20.8 Å². The Balaban J connectivity index is 1.62. The van der Waals surface area contributed by atoms with Crippen LogP contribution in [-0.4, -0.2) is 21.5 Å². The summed E-state index contributed by atoms with van der Waals surface area (Å²) in [6, 6.07) is 17.0. The molecule has 0 unspecified atom stereocenters. The van der Waals surface area contributed by atoms with E-state index in [2.05, 4.69) is 14.9 Å². The Morgan fingerprint density at radius 1 is 1.06 bits per heavy atom. The second-order valence-corrected chi connectivity index (χ2v) is 8.42. The number of nitrogens with two attached hydrogens (primary N) is 1. The summed E-state index contributed by atoms with van der Waals surface area (Å²) >= 11 is 1.33. The number of aliphatic imine (C=N–C) groups is 1. The summed E-state index contributed by atoms with van der Waals surface area (Å²) in [5.74, 6) is -0.614. The quantitative estimate of drug-likeness (QED) is 0.602. The van der Waals surface area contributed by atoms with Crippen molar-refractivity contribution in [2.75, 3.05) is 0 Å². The van der Waals surface area contributed by atoms with Crippen LogP contribution in [0.25, 0.3) is 11.8 Å². The number of nitrogens with one attached hydrogen (secondary N) is 1. The van der Waals surface area contributed by atoms with Crippen molar-refractivity contribution in [3.63, 3.8) is 0 Å². The van der Waals surface area contributed by atoms with Crippen molar-refractivity contribution in [3.8, 4) is 5.69 Å². The highest BCUT2D eigenvalue weighted by Crippen LogP contribution is 2.30. The topological polar surface area (TPSA) is 89.5 Å². The van der Waals surface area contributed by atoms with Gasteiger partial charge in [-0.1, -0.05) is 17.7 Å². The number of rotatable bonds is 4. The highest BCUT2D eigenvalue weighted by molar-refractivity contribution is 8.18. The van der Waals surface area contributed by atoms with Gasteiger partial charge >= 0.3 is 0 Å². The minimum absolute atomic E-state index is 0.161. The Bertz CT molecular complexity index is 1240. The molecule has 1 aliphatic heterocycles.